The normalized spacial score (nSPS) is 17.6. The summed E-state index contributed by atoms with van der Waals surface area (Å²) in [4.78, 5) is 0. The second-order valence-corrected chi connectivity index (χ2v) is 11.9. The van der Waals surface area contributed by atoms with Crippen molar-refractivity contribution < 1.29 is 18.9 Å². The van der Waals surface area contributed by atoms with Crippen molar-refractivity contribution in [3.8, 4) is 5.75 Å². The Balaban J connectivity index is 1.19. The van der Waals surface area contributed by atoms with Gasteiger partial charge in [-0.2, -0.15) is 0 Å². The molecule has 1 fully saturated rings. The monoisotopic (exact) mass is 545 g/mol. The summed E-state index contributed by atoms with van der Waals surface area (Å²) >= 11 is 0. The van der Waals surface area contributed by atoms with Crippen LogP contribution in [0.5, 0.6) is 5.75 Å². The first kappa shape index (κ1) is 30.3. The highest BCUT2D eigenvalue weighted by molar-refractivity contribution is 5.31. The molecular formula is C35H47NO4. The number of nitrogens with one attached hydrogen (secondary N) is 1. The lowest BCUT2D eigenvalue weighted by Gasteiger charge is -2.32. The fourth-order valence-electron chi connectivity index (χ4n) is 4.89. The van der Waals surface area contributed by atoms with Crippen molar-refractivity contribution in [2.45, 2.75) is 71.9 Å². The van der Waals surface area contributed by atoms with Crippen LogP contribution in [0.4, 0.5) is 0 Å². The number of benzene rings is 3. The number of hydrogen-bond acceptors (Lipinski definition) is 5. The van der Waals surface area contributed by atoms with Crippen molar-refractivity contribution in [3.63, 3.8) is 0 Å². The number of rotatable bonds is 15. The van der Waals surface area contributed by atoms with Gasteiger partial charge < -0.3 is 24.3 Å². The molecule has 1 saturated heterocycles. The molecule has 3 aromatic carbocycles. The average Bonchev–Trinajstić information content (AvgIpc) is 2.97. The number of piperidine rings is 1. The largest absolute Gasteiger partial charge is 0.494 e. The summed E-state index contributed by atoms with van der Waals surface area (Å²) in [5.74, 6) is 1.27. The van der Waals surface area contributed by atoms with Crippen LogP contribution in [-0.2, 0) is 34.0 Å². The molecule has 1 aliphatic heterocycles. The van der Waals surface area contributed by atoms with Crippen LogP contribution in [0, 0.1) is 5.41 Å². The summed E-state index contributed by atoms with van der Waals surface area (Å²) in [6.45, 7) is 12.6. The third kappa shape index (κ3) is 10.7. The average molecular weight is 546 g/mol. The van der Waals surface area contributed by atoms with Crippen LogP contribution in [0.1, 0.15) is 68.2 Å². The highest BCUT2D eigenvalue weighted by Gasteiger charge is 2.27. The van der Waals surface area contributed by atoms with Crippen LogP contribution in [0.25, 0.3) is 0 Å². The Hall–Kier alpha value is -2.70. The minimum Gasteiger partial charge on any atom is -0.494 e. The molecule has 0 aliphatic carbocycles. The molecule has 0 radical (unpaired) electrons. The second-order valence-electron chi connectivity index (χ2n) is 11.9. The molecule has 40 heavy (non-hydrogen) atoms. The van der Waals surface area contributed by atoms with Gasteiger partial charge in [0.1, 0.15) is 5.75 Å². The molecule has 5 nitrogen and oxygen atoms in total. The lowest BCUT2D eigenvalue weighted by atomic mass is 9.87. The predicted octanol–water partition coefficient (Wildman–Crippen LogP) is 7.29. The topological polar surface area (TPSA) is 49.0 Å². The van der Waals surface area contributed by atoms with Gasteiger partial charge in [0, 0.05) is 25.5 Å². The summed E-state index contributed by atoms with van der Waals surface area (Å²) in [5, 5.41) is 3.51. The van der Waals surface area contributed by atoms with E-state index in [9.17, 15) is 0 Å². The van der Waals surface area contributed by atoms with Crippen LogP contribution in [-0.4, -0.2) is 39.0 Å². The van der Waals surface area contributed by atoms with E-state index in [1.807, 2.05) is 18.2 Å². The lowest BCUT2D eigenvalue weighted by Crippen LogP contribution is -2.40. The summed E-state index contributed by atoms with van der Waals surface area (Å²) < 4.78 is 24.1. The van der Waals surface area contributed by atoms with Crippen molar-refractivity contribution >= 4 is 0 Å². The molecule has 2 atom stereocenters. The van der Waals surface area contributed by atoms with E-state index in [2.05, 4.69) is 86.8 Å². The smallest absolute Gasteiger partial charge is 0.119 e. The zero-order valence-electron chi connectivity index (χ0n) is 24.6. The molecule has 1 aliphatic rings. The molecule has 1 heterocycles. The quantitative estimate of drug-likeness (QED) is 0.203. The van der Waals surface area contributed by atoms with E-state index in [1.165, 1.54) is 22.3 Å². The Kier molecular flexibility index (Phi) is 12.0. The molecule has 216 valence electrons. The maximum absolute atomic E-state index is 6.48. The molecule has 0 saturated carbocycles. The SMILES string of the molecule is CC(C)(C)CCOCc1cccc(COC2CNCCC2c2ccc(OCCCOCc3ccccc3)cc2)c1. The van der Waals surface area contributed by atoms with Gasteiger partial charge in [-0.1, -0.05) is 87.5 Å². The standard InChI is InChI=1S/C35H47NO4/c1-35(2,3)18-22-38-26-29-11-7-12-30(23-29)27-40-34-24-36-19-17-33(34)31-13-15-32(16-14-31)39-21-8-20-37-25-28-9-5-4-6-10-28/h4-7,9-16,23,33-34,36H,8,17-22,24-27H2,1-3H3. The highest BCUT2D eigenvalue weighted by Crippen LogP contribution is 2.30. The zero-order valence-corrected chi connectivity index (χ0v) is 24.6. The first-order chi connectivity index (χ1) is 19.5. The fourth-order valence-corrected chi connectivity index (χ4v) is 4.89. The van der Waals surface area contributed by atoms with E-state index in [-0.39, 0.29) is 6.10 Å². The van der Waals surface area contributed by atoms with Crippen molar-refractivity contribution in [3.05, 3.63) is 101 Å². The summed E-state index contributed by atoms with van der Waals surface area (Å²) in [5.41, 5.74) is 5.20. The third-order valence-corrected chi connectivity index (χ3v) is 7.27. The first-order valence-corrected chi connectivity index (χ1v) is 14.8. The van der Waals surface area contributed by atoms with Gasteiger partial charge in [0.25, 0.3) is 0 Å². The Morgan fingerprint density at radius 1 is 0.750 bits per heavy atom. The van der Waals surface area contributed by atoms with E-state index in [4.69, 9.17) is 18.9 Å². The predicted molar refractivity (Wildman–Crippen MR) is 162 cm³/mol. The highest BCUT2D eigenvalue weighted by atomic mass is 16.5. The van der Waals surface area contributed by atoms with E-state index in [0.717, 1.165) is 44.7 Å². The first-order valence-electron chi connectivity index (χ1n) is 14.8. The van der Waals surface area contributed by atoms with Crippen molar-refractivity contribution in [1.82, 2.24) is 5.32 Å². The summed E-state index contributed by atoms with van der Waals surface area (Å²) in [7, 11) is 0. The maximum atomic E-state index is 6.48. The van der Waals surface area contributed by atoms with Gasteiger partial charge in [-0.05, 0) is 59.2 Å². The molecule has 0 spiro atoms. The van der Waals surface area contributed by atoms with E-state index in [1.54, 1.807) is 0 Å². The van der Waals surface area contributed by atoms with Gasteiger partial charge in [0.05, 0.1) is 39.1 Å². The van der Waals surface area contributed by atoms with E-state index in [0.29, 0.717) is 44.4 Å². The third-order valence-electron chi connectivity index (χ3n) is 7.27. The second kappa shape index (κ2) is 15.9. The fraction of sp³-hybridized carbons (Fsp3) is 0.486. The van der Waals surface area contributed by atoms with Crippen LogP contribution in [0.15, 0.2) is 78.9 Å². The zero-order chi connectivity index (χ0) is 28.0. The van der Waals surface area contributed by atoms with Crippen LogP contribution >= 0.6 is 0 Å². The van der Waals surface area contributed by atoms with Crippen molar-refractivity contribution in [2.75, 3.05) is 32.9 Å². The van der Waals surface area contributed by atoms with E-state index < -0.39 is 0 Å². The number of hydrogen-bond donors (Lipinski definition) is 1. The molecular weight excluding hydrogens is 498 g/mol. The molecule has 2 unspecified atom stereocenters. The Morgan fingerprint density at radius 3 is 2.23 bits per heavy atom. The van der Waals surface area contributed by atoms with Crippen molar-refractivity contribution in [2.24, 2.45) is 5.41 Å². The minimum atomic E-state index is 0.133. The van der Waals surface area contributed by atoms with Crippen LogP contribution in [0.3, 0.4) is 0 Å². The summed E-state index contributed by atoms with van der Waals surface area (Å²) in [6, 6.07) is 27.4. The van der Waals surface area contributed by atoms with Crippen LogP contribution < -0.4 is 10.1 Å². The Morgan fingerprint density at radius 2 is 1.45 bits per heavy atom. The lowest BCUT2D eigenvalue weighted by molar-refractivity contribution is 0.0105. The summed E-state index contributed by atoms with van der Waals surface area (Å²) in [6.07, 6.45) is 3.12. The Labute approximate surface area is 241 Å². The Bertz CT molecular complexity index is 1110. The molecule has 5 heteroatoms. The van der Waals surface area contributed by atoms with Crippen molar-refractivity contribution in [1.29, 1.82) is 0 Å². The molecule has 0 bridgehead atoms. The molecule has 1 N–H and O–H groups in total. The maximum Gasteiger partial charge on any atom is 0.119 e. The minimum absolute atomic E-state index is 0.133. The number of ether oxygens (including phenoxy) is 4. The molecule has 4 rings (SSSR count). The van der Waals surface area contributed by atoms with Gasteiger partial charge in [-0.3, -0.25) is 0 Å². The van der Waals surface area contributed by atoms with Gasteiger partial charge in [0.2, 0.25) is 0 Å². The molecule has 0 amide bonds. The van der Waals surface area contributed by atoms with Crippen LogP contribution in [0.2, 0.25) is 0 Å². The van der Waals surface area contributed by atoms with E-state index >= 15 is 0 Å². The van der Waals surface area contributed by atoms with Gasteiger partial charge >= 0.3 is 0 Å². The molecule has 3 aromatic rings. The van der Waals surface area contributed by atoms with Gasteiger partial charge in [0.15, 0.2) is 0 Å². The van der Waals surface area contributed by atoms with Gasteiger partial charge in [-0.25, -0.2) is 0 Å². The molecule has 0 aromatic heterocycles. The van der Waals surface area contributed by atoms with Gasteiger partial charge in [-0.15, -0.1) is 0 Å².